The van der Waals surface area contributed by atoms with Crippen LogP contribution in [0.5, 0.6) is 5.75 Å². The van der Waals surface area contributed by atoms with Gasteiger partial charge in [0.05, 0.1) is 22.4 Å². The molecule has 0 aliphatic carbocycles. The van der Waals surface area contributed by atoms with Gasteiger partial charge in [0.25, 0.3) is 5.91 Å². The molecule has 0 heterocycles. The fourth-order valence-electron chi connectivity index (χ4n) is 2.28. The Hall–Kier alpha value is -2.71. The SMILES string of the molecule is O=C(N/N=C/c1ccc(OC(=O)c2ccccc2I)cc1)c1ccccc1Cl. The number of halogens is 2. The molecule has 28 heavy (non-hydrogen) atoms. The molecule has 0 bridgehead atoms. The molecule has 140 valence electrons. The second kappa shape index (κ2) is 9.48. The van der Waals surface area contributed by atoms with Gasteiger partial charge in [0, 0.05) is 3.57 Å². The number of rotatable bonds is 5. The predicted molar refractivity (Wildman–Crippen MR) is 117 cm³/mol. The van der Waals surface area contributed by atoms with E-state index in [9.17, 15) is 9.59 Å². The quantitative estimate of drug-likeness (QED) is 0.176. The van der Waals surface area contributed by atoms with Gasteiger partial charge in [-0.3, -0.25) is 4.79 Å². The third-order valence-electron chi connectivity index (χ3n) is 3.68. The third-order valence-corrected chi connectivity index (χ3v) is 4.95. The first-order chi connectivity index (χ1) is 13.5. The molecule has 0 aromatic heterocycles. The molecule has 3 aromatic carbocycles. The van der Waals surface area contributed by atoms with E-state index in [-0.39, 0.29) is 0 Å². The lowest BCUT2D eigenvalue weighted by atomic mass is 10.2. The average Bonchev–Trinajstić information content (AvgIpc) is 2.70. The minimum Gasteiger partial charge on any atom is -0.423 e. The van der Waals surface area contributed by atoms with E-state index in [2.05, 4.69) is 33.1 Å². The van der Waals surface area contributed by atoms with E-state index in [1.807, 2.05) is 12.1 Å². The Kier molecular flexibility index (Phi) is 6.78. The van der Waals surface area contributed by atoms with Crippen molar-refractivity contribution in [3.8, 4) is 5.75 Å². The van der Waals surface area contributed by atoms with Gasteiger partial charge in [-0.1, -0.05) is 35.9 Å². The van der Waals surface area contributed by atoms with Crippen LogP contribution in [-0.4, -0.2) is 18.1 Å². The maximum absolute atomic E-state index is 12.2. The van der Waals surface area contributed by atoms with Crippen LogP contribution < -0.4 is 10.2 Å². The monoisotopic (exact) mass is 504 g/mol. The van der Waals surface area contributed by atoms with Crippen LogP contribution in [0.15, 0.2) is 77.9 Å². The Bertz CT molecular complexity index is 1040. The highest BCUT2D eigenvalue weighted by molar-refractivity contribution is 14.1. The molecule has 3 aromatic rings. The number of nitrogens with zero attached hydrogens (tertiary/aromatic N) is 1. The van der Waals surface area contributed by atoms with E-state index < -0.39 is 11.9 Å². The van der Waals surface area contributed by atoms with E-state index in [1.165, 1.54) is 6.21 Å². The van der Waals surface area contributed by atoms with Crippen LogP contribution in [0.3, 0.4) is 0 Å². The van der Waals surface area contributed by atoms with Crippen LogP contribution in [0.2, 0.25) is 5.02 Å². The molecule has 0 fully saturated rings. The van der Waals surface area contributed by atoms with Crippen LogP contribution in [0.4, 0.5) is 0 Å². The number of hydrogen-bond donors (Lipinski definition) is 1. The lowest BCUT2D eigenvalue weighted by Crippen LogP contribution is -2.17. The van der Waals surface area contributed by atoms with Gasteiger partial charge in [-0.2, -0.15) is 5.10 Å². The van der Waals surface area contributed by atoms with Crippen molar-refractivity contribution in [2.45, 2.75) is 0 Å². The number of hydrazone groups is 1. The number of amides is 1. The summed E-state index contributed by atoms with van der Waals surface area (Å²) >= 11 is 8.06. The summed E-state index contributed by atoms with van der Waals surface area (Å²) < 4.78 is 6.20. The van der Waals surface area contributed by atoms with Gasteiger partial charge >= 0.3 is 5.97 Å². The normalized spacial score (nSPS) is 10.6. The molecule has 0 unspecified atom stereocenters. The van der Waals surface area contributed by atoms with Gasteiger partial charge in [0.2, 0.25) is 0 Å². The van der Waals surface area contributed by atoms with Gasteiger partial charge in [0.1, 0.15) is 5.75 Å². The van der Waals surface area contributed by atoms with E-state index in [0.717, 1.165) is 9.13 Å². The smallest absolute Gasteiger partial charge is 0.344 e. The van der Waals surface area contributed by atoms with Crippen LogP contribution in [0.25, 0.3) is 0 Å². The Morgan fingerprint density at radius 1 is 0.929 bits per heavy atom. The number of carbonyl (C=O) groups is 2. The Morgan fingerprint density at radius 2 is 1.57 bits per heavy atom. The van der Waals surface area contributed by atoms with Crippen molar-refractivity contribution in [1.82, 2.24) is 5.43 Å². The van der Waals surface area contributed by atoms with Crippen molar-refractivity contribution in [2.75, 3.05) is 0 Å². The van der Waals surface area contributed by atoms with E-state index in [1.54, 1.807) is 60.7 Å². The summed E-state index contributed by atoms with van der Waals surface area (Å²) in [6, 6.07) is 20.7. The molecule has 1 N–H and O–H groups in total. The molecule has 0 spiro atoms. The standard InChI is InChI=1S/C21H14ClIN2O3/c22-18-7-3-1-5-16(18)20(26)25-24-13-14-9-11-15(12-10-14)28-21(27)17-6-2-4-8-19(17)23/h1-13H,(H,25,26)/b24-13+. The first-order valence-electron chi connectivity index (χ1n) is 8.19. The zero-order valence-electron chi connectivity index (χ0n) is 14.4. The van der Waals surface area contributed by atoms with E-state index in [4.69, 9.17) is 16.3 Å². The Morgan fingerprint density at radius 3 is 2.25 bits per heavy atom. The van der Waals surface area contributed by atoms with Gasteiger partial charge in [0.15, 0.2) is 0 Å². The summed E-state index contributed by atoms with van der Waals surface area (Å²) in [6.45, 7) is 0. The summed E-state index contributed by atoms with van der Waals surface area (Å²) in [5.74, 6) is -0.398. The van der Waals surface area contributed by atoms with Crippen molar-refractivity contribution >= 4 is 52.3 Å². The fourth-order valence-corrected chi connectivity index (χ4v) is 3.11. The van der Waals surface area contributed by atoms with Crippen molar-refractivity contribution < 1.29 is 14.3 Å². The first-order valence-corrected chi connectivity index (χ1v) is 9.65. The van der Waals surface area contributed by atoms with Crippen LogP contribution in [-0.2, 0) is 0 Å². The van der Waals surface area contributed by atoms with Gasteiger partial charge in [-0.15, -0.1) is 0 Å². The lowest BCUT2D eigenvalue weighted by Gasteiger charge is -2.06. The summed E-state index contributed by atoms with van der Waals surface area (Å²) in [5.41, 5.74) is 4.01. The highest BCUT2D eigenvalue weighted by atomic mass is 127. The molecule has 0 saturated carbocycles. The first kappa shape index (κ1) is 20.0. The molecule has 5 nitrogen and oxygen atoms in total. The number of esters is 1. The summed E-state index contributed by atoms with van der Waals surface area (Å²) in [6.07, 6.45) is 1.49. The molecule has 0 radical (unpaired) electrons. The summed E-state index contributed by atoms with van der Waals surface area (Å²) in [7, 11) is 0. The zero-order chi connectivity index (χ0) is 19.9. The number of hydrogen-bond acceptors (Lipinski definition) is 4. The number of benzene rings is 3. The number of carbonyl (C=O) groups excluding carboxylic acids is 2. The van der Waals surface area contributed by atoms with Gasteiger partial charge < -0.3 is 4.74 Å². The van der Waals surface area contributed by atoms with Crippen molar-refractivity contribution in [3.63, 3.8) is 0 Å². The molecule has 1 amide bonds. The number of nitrogens with one attached hydrogen (secondary N) is 1. The molecule has 0 aliphatic heterocycles. The van der Waals surface area contributed by atoms with E-state index >= 15 is 0 Å². The van der Waals surface area contributed by atoms with Crippen LogP contribution in [0.1, 0.15) is 26.3 Å². The van der Waals surface area contributed by atoms with Crippen LogP contribution in [0, 0.1) is 3.57 Å². The zero-order valence-corrected chi connectivity index (χ0v) is 17.3. The van der Waals surface area contributed by atoms with Crippen molar-refractivity contribution in [3.05, 3.63) is 98.1 Å². The van der Waals surface area contributed by atoms with Crippen LogP contribution >= 0.6 is 34.2 Å². The highest BCUT2D eigenvalue weighted by Gasteiger charge is 2.11. The molecule has 0 saturated heterocycles. The summed E-state index contributed by atoms with van der Waals surface area (Å²) in [4.78, 5) is 24.2. The maximum Gasteiger partial charge on any atom is 0.344 e. The molecule has 3 rings (SSSR count). The molecule has 0 atom stereocenters. The Balaban J connectivity index is 1.59. The molecule has 0 aliphatic rings. The minimum atomic E-state index is -0.418. The second-order valence-electron chi connectivity index (χ2n) is 5.62. The highest BCUT2D eigenvalue weighted by Crippen LogP contribution is 2.17. The largest absolute Gasteiger partial charge is 0.423 e. The van der Waals surface area contributed by atoms with E-state index in [0.29, 0.717) is 21.9 Å². The minimum absolute atomic E-state index is 0.346. The van der Waals surface area contributed by atoms with Crippen molar-refractivity contribution in [2.24, 2.45) is 5.10 Å². The fraction of sp³-hybridized carbons (Fsp3) is 0. The molecular formula is C21H14ClIN2O3. The third kappa shape index (κ3) is 5.17. The number of ether oxygens (including phenoxy) is 1. The second-order valence-corrected chi connectivity index (χ2v) is 7.19. The lowest BCUT2D eigenvalue weighted by molar-refractivity contribution is 0.0733. The maximum atomic E-state index is 12.2. The molecule has 7 heteroatoms. The Labute approximate surface area is 180 Å². The average molecular weight is 505 g/mol. The predicted octanol–water partition coefficient (Wildman–Crippen LogP) is 4.93. The van der Waals surface area contributed by atoms with Crippen molar-refractivity contribution in [1.29, 1.82) is 0 Å². The van der Waals surface area contributed by atoms with Gasteiger partial charge in [-0.25, -0.2) is 10.2 Å². The topological polar surface area (TPSA) is 67.8 Å². The summed E-state index contributed by atoms with van der Waals surface area (Å²) in [5, 5.41) is 4.27. The molecular weight excluding hydrogens is 491 g/mol. The van der Waals surface area contributed by atoms with Gasteiger partial charge in [-0.05, 0) is 76.7 Å².